The summed E-state index contributed by atoms with van der Waals surface area (Å²) in [5.41, 5.74) is 0.409. The number of nitrogens with zero attached hydrogens (tertiary/aromatic N) is 14. The van der Waals surface area contributed by atoms with Gasteiger partial charge in [-0.05, 0) is 161 Å². The summed E-state index contributed by atoms with van der Waals surface area (Å²) in [6, 6.07) is 13.1. The highest BCUT2D eigenvalue weighted by Gasteiger charge is 2.26. The number of halogens is 11. The van der Waals surface area contributed by atoms with Gasteiger partial charge in [-0.15, -0.1) is 0 Å². The minimum atomic E-state index is -0.329. The number of piperidine rings is 2. The van der Waals surface area contributed by atoms with Gasteiger partial charge in [0.15, 0.2) is 28.7 Å². The molecule has 0 aliphatic carbocycles. The van der Waals surface area contributed by atoms with Crippen LogP contribution in [0.15, 0.2) is 78.6 Å². The van der Waals surface area contributed by atoms with E-state index in [-0.39, 0.29) is 167 Å². The van der Waals surface area contributed by atoms with Gasteiger partial charge in [0, 0.05) is 39.3 Å². The number of phenols is 5. The lowest BCUT2D eigenvalue weighted by Crippen LogP contribution is -2.34. The summed E-state index contributed by atoms with van der Waals surface area (Å²) in [5.74, 6) is 1.56. The molecule has 0 atom stereocenters. The maximum atomic E-state index is 13.1. The maximum absolute atomic E-state index is 13.1. The molecule has 2 fully saturated rings. The number of fused-ring (bicyclic) bond motifs is 5. The maximum Gasteiger partial charge on any atom is 0.263 e. The molecule has 0 unspecified atom stereocenters. The van der Waals surface area contributed by atoms with E-state index in [1.54, 1.807) is 30.4 Å². The van der Waals surface area contributed by atoms with Crippen LogP contribution >= 0.6 is 116 Å². The third-order valence-corrected chi connectivity index (χ3v) is 22.3. The standard InChI is InChI=1S/C19H18Cl2FN3O2.C17H21Cl2N3O2.C16H19Cl2N3O2.2C14H17Cl2N3O2/c1-3-25-15(10-24(2)9-11-4-6-12(22)7-5-11)23-17-16(19(25)27)13(20)8-14(21)18(17)26;1-2-6-22-13(10-21-7-4-3-5-8-21)20-15-14(17(22)24)11(18)9-12(19)16(15)23;1-2-21-12(9-20-6-4-3-5-7-20)19-14-13(16(21)23)10(17)8-11(18)15(14)22;1-4-5-19-10(7-18(2)3)17-12-11(14(19)21)8(15)6-9(16)13(12)20;1-3-5-19-10(7-17-4-2)18-12-11(14(19)21)8(15)6-9(16)13(12)20/h4-8,26H,3,9-10H2,1-2H3;9,23H,2-8,10H2,1H3;8,22H,2-7,9H2,1H3;6,20H,4-5,7H2,1-3H3;6,17,20H,3-5,7H2,1-2H3. The van der Waals surface area contributed by atoms with Gasteiger partial charge in [-0.1, -0.05) is 169 Å². The van der Waals surface area contributed by atoms with Crippen LogP contribution in [0.5, 0.6) is 28.7 Å². The molecule has 624 valence electrons. The molecule has 2 saturated heterocycles. The van der Waals surface area contributed by atoms with Crippen molar-refractivity contribution in [2.75, 3.05) is 53.9 Å². The van der Waals surface area contributed by atoms with Gasteiger partial charge in [0.1, 0.15) is 62.5 Å². The second-order valence-electron chi connectivity index (χ2n) is 28.2. The van der Waals surface area contributed by atoms with Crippen LogP contribution in [0.25, 0.3) is 54.5 Å². The lowest BCUT2D eigenvalue weighted by Gasteiger charge is -2.27. The number of hydrogen-bond donors (Lipinski definition) is 6. The molecular formula is C80H92Cl10FN15O10. The smallest absolute Gasteiger partial charge is 0.263 e. The first-order valence-electron chi connectivity index (χ1n) is 38.0. The lowest BCUT2D eigenvalue weighted by molar-refractivity contribution is 0.212. The molecule has 0 spiro atoms. The van der Waals surface area contributed by atoms with Crippen LogP contribution in [0, 0.1) is 5.82 Å². The van der Waals surface area contributed by atoms with Crippen LogP contribution in [0.2, 0.25) is 50.2 Å². The highest BCUT2D eigenvalue weighted by atomic mass is 35.5. The molecule has 36 heteroatoms. The van der Waals surface area contributed by atoms with E-state index < -0.39 is 0 Å². The summed E-state index contributed by atoms with van der Waals surface area (Å²) in [4.78, 5) is 94.7. The Kier molecular flexibility index (Phi) is 33.5. The van der Waals surface area contributed by atoms with Crippen molar-refractivity contribution >= 4 is 171 Å². The van der Waals surface area contributed by atoms with Crippen molar-refractivity contribution in [2.45, 2.75) is 171 Å². The molecule has 25 nitrogen and oxygen atoms in total. The molecular weight excluding hydrogens is 1700 g/mol. The summed E-state index contributed by atoms with van der Waals surface area (Å²) >= 11 is 60.5. The minimum Gasteiger partial charge on any atom is -0.504 e. The largest absolute Gasteiger partial charge is 0.504 e. The van der Waals surface area contributed by atoms with E-state index in [9.17, 15) is 53.9 Å². The summed E-state index contributed by atoms with van der Waals surface area (Å²) in [7, 11) is 5.64. The Balaban J connectivity index is 0.000000166. The Bertz CT molecular complexity index is 5740. The Hall–Kier alpha value is -7.35. The van der Waals surface area contributed by atoms with E-state index in [2.05, 4.69) is 40.0 Å². The molecule has 7 heterocycles. The predicted octanol–water partition coefficient (Wildman–Crippen LogP) is 17.2. The van der Waals surface area contributed by atoms with Gasteiger partial charge in [-0.3, -0.25) is 61.5 Å². The number of aromatic hydroxyl groups is 5. The zero-order valence-electron chi connectivity index (χ0n) is 65.6. The van der Waals surface area contributed by atoms with Crippen LogP contribution in [0.4, 0.5) is 4.39 Å². The number of phenolic OH excluding ortho intramolecular Hbond substituents is 5. The van der Waals surface area contributed by atoms with Crippen LogP contribution in [0.1, 0.15) is 134 Å². The van der Waals surface area contributed by atoms with Gasteiger partial charge in [0.05, 0.1) is 110 Å². The molecule has 5 aromatic heterocycles. The van der Waals surface area contributed by atoms with Crippen molar-refractivity contribution in [3.63, 3.8) is 0 Å². The minimum absolute atomic E-state index is 0.0410. The zero-order valence-corrected chi connectivity index (χ0v) is 73.1. The Morgan fingerprint density at radius 3 is 0.983 bits per heavy atom. The lowest BCUT2D eigenvalue weighted by atomic mass is 10.1. The first-order chi connectivity index (χ1) is 55.2. The number of hydrogen-bond acceptors (Lipinski definition) is 20. The SMILES string of the molecule is CCCn1c(CN(C)C)nc2c(O)c(Cl)cc(Cl)c2c1=O.CCCn1c(CN2CCCCC2)nc2c(O)c(Cl)cc(Cl)c2c1=O.CCCn1c(CNCC)nc2c(O)c(Cl)cc(Cl)c2c1=O.CCn1c(CN(C)Cc2ccc(F)cc2)nc2c(O)c(Cl)cc(Cl)c2c1=O.CCn1c(CN2CCCCC2)nc2c(O)c(Cl)cc(Cl)c2c1=O. The number of aromatic nitrogens is 10. The summed E-state index contributed by atoms with van der Waals surface area (Å²) in [6.07, 6.45) is 9.54. The Morgan fingerprint density at radius 1 is 0.379 bits per heavy atom. The molecule has 2 aliphatic rings. The normalized spacial score (nSPS) is 13.3. The number of likely N-dealkylation sites (tertiary alicyclic amines) is 2. The van der Waals surface area contributed by atoms with E-state index in [1.807, 2.05) is 72.5 Å². The van der Waals surface area contributed by atoms with Gasteiger partial charge in [-0.2, -0.15) is 0 Å². The van der Waals surface area contributed by atoms with Gasteiger partial charge in [0.25, 0.3) is 27.8 Å². The molecule has 0 saturated carbocycles. The van der Waals surface area contributed by atoms with E-state index >= 15 is 0 Å². The second-order valence-corrected chi connectivity index (χ2v) is 32.2. The van der Waals surface area contributed by atoms with Gasteiger partial charge < -0.3 is 35.7 Å². The third-order valence-electron chi connectivity index (χ3n) is 19.3. The van der Waals surface area contributed by atoms with Gasteiger partial charge in [0.2, 0.25) is 0 Å². The average Bonchev–Trinajstić information content (AvgIpc) is 0.787. The molecule has 0 radical (unpaired) electrons. The van der Waals surface area contributed by atoms with E-state index in [1.165, 1.54) is 59.9 Å². The van der Waals surface area contributed by atoms with Crippen molar-refractivity contribution in [2.24, 2.45) is 0 Å². The summed E-state index contributed by atoms with van der Waals surface area (Å²) < 4.78 is 21.1. The second kappa shape index (κ2) is 42.0. The molecule has 116 heavy (non-hydrogen) atoms. The fourth-order valence-electron chi connectivity index (χ4n) is 13.7. The van der Waals surface area contributed by atoms with Crippen LogP contribution in [-0.2, 0) is 72.0 Å². The van der Waals surface area contributed by atoms with Crippen molar-refractivity contribution < 1.29 is 29.9 Å². The van der Waals surface area contributed by atoms with E-state index in [0.717, 1.165) is 83.2 Å². The van der Waals surface area contributed by atoms with Crippen molar-refractivity contribution in [3.8, 4) is 28.7 Å². The van der Waals surface area contributed by atoms with Crippen LogP contribution < -0.4 is 33.1 Å². The van der Waals surface area contributed by atoms with Crippen molar-refractivity contribution in [3.05, 3.63) is 197 Å². The van der Waals surface area contributed by atoms with Gasteiger partial charge >= 0.3 is 0 Å². The van der Waals surface area contributed by atoms with Crippen molar-refractivity contribution in [1.82, 2.24) is 72.7 Å². The quantitative estimate of drug-likeness (QED) is 0.0389. The van der Waals surface area contributed by atoms with Crippen LogP contribution in [0.3, 0.4) is 0 Å². The summed E-state index contributed by atoms with van der Waals surface area (Å²) in [5, 5.41) is 56.3. The van der Waals surface area contributed by atoms with Crippen molar-refractivity contribution in [1.29, 1.82) is 0 Å². The molecule has 11 aromatic rings. The monoisotopic (exact) mass is 1790 g/mol. The zero-order chi connectivity index (χ0) is 84.8. The Morgan fingerprint density at radius 2 is 0.664 bits per heavy atom. The fourth-order valence-corrected chi connectivity index (χ4v) is 16.4. The topological polar surface area (TPSA) is 301 Å². The first-order valence-corrected chi connectivity index (χ1v) is 41.8. The first kappa shape index (κ1) is 92.5. The molecule has 2 aliphatic heterocycles. The number of nitrogens with one attached hydrogen (secondary N) is 1. The fraction of sp³-hybridized carbons (Fsp3) is 0.425. The summed E-state index contributed by atoms with van der Waals surface area (Å²) in [6.45, 7) is 22.0. The Labute approximate surface area is 718 Å². The van der Waals surface area contributed by atoms with E-state index in [0.29, 0.717) is 101 Å². The molecule has 0 amide bonds. The molecule has 6 aromatic carbocycles. The third kappa shape index (κ3) is 21.4. The number of rotatable bonds is 21. The molecule has 0 bridgehead atoms. The predicted molar refractivity (Wildman–Crippen MR) is 465 cm³/mol. The number of benzene rings is 6. The molecule has 13 rings (SSSR count). The van der Waals surface area contributed by atoms with Gasteiger partial charge in [-0.25, -0.2) is 29.3 Å². The van der Waals surface area contributed by atoms with E-state index in [4.69, 9.17) is 116 Å². The average molecular weight is 1800 g/mol. The molecule has 6 N–H and O–H groups in total. The van der Waals surface area contributed by atoms with Crippen LogP contribution in [-0.4, -0.2) is 147 Å². The highest BCUT2D eigenvalue weighted by Crippen LogP contribution is 2.40. The highest BCUT2D eigenvalue weighted by molar-refractivity contribution is 6.42.